The number of hydrogen-bond acceptors (Lipinski definition) is 4. The zero-order valence-electron chi connectivity index (χ0n) is 15.0. The second kappa shape index (κ2) is 7.54. The molecule has 1 amide bonds. The molecule has 3 N–H and O–H groups in total. The van der Waals surface area contributed by atoms with Crippen LogP contribution in [-0.2, 0) is 11.2 Å². The fourth-order valence-electron chi connectivity index (χ4n) is 3.66. The number of halogens is 1. The van der Waals surface area contributed by atoms with E-state index in [9.17, 15) is 9.59 Å². The van der Waals surface area contributed by atoms with Gasteiger partial charge in [0, 0.05) is 48.6 Å². The summed E-state index contributed by atoms with van der Waals surface area (Å²) in [5.74, 6) is 0.0266. The van der Waals surface area contributed by atoms with Crippen LogP contribution in [0.3, 0.4) is 0 Å². The second-order valence-corrected chi connectivity index (χ2v) is 6.79. The number of H-pyrrole nitrogens is 1. The highest BCUT2D eigenvalue weighted by atomic mass is 35.5. The van der Waals surface area contributed by atoms with Crippen LogP contribution < -0.4 is 11.3 Å². The average Bonchev–Trinajstić information content (AvgIpc) is 3.26. The van der Waals surface area contributed by atoms with Gasteiger partial charge in [-0.2, -0.15) is 0 Å². The highest BCUT2D eigenvalue weighted by Crippen LogP contribution is 2.26. The monoisotopic (exact) mass is 387 g/mol. The number of amides is 1. The molecular formula is C19H22ClN5O2. The first-order valence-electron chi connectivity index (χ1n) is 8.68. The molecule has 1 aliphatic heterocycles. The van der Waals surface area contributed by atoms with Gasteiger partial charge in [0.2, 0.25) is 5.91 Å². The highest BCUT2D eigenvalue weighted by molar-refractivity contribution is 5.85. The van der Waals surface area contributed by atoms with E-state index in [1.54, 1.807) is 24.1 Å². The maximum absolute atomic E-state index is 12.8. The topological polar surface area (TPSA) is 96.5 Å². The molecular weight excluding hydrogens is 366 g/mol. The number of carbonyl (C=O) groups excluding carboxylic acids is 1. The summed E-state index contributed by atoms with van der Waals surface area (Å²) in [7, 11) is 0. The fourth-order valence-corrected chi connectivity index (χ4v) is 3.66. The van der Waals surface area contributed by atoms with E-state index >= 15 is 0 Å². The number of carbonyl (C=O) groups is 1. The number of nitrogens with two attached hydrogens (primary N) is 1. The Kier molecular flexibility index (Phi) is 5.34. The van der Waals surface area contributed by atoms with E-state index in [1.165, 1.54) is 4.52 Å². The number of nitrogens with zero attached hydrogens (tertiary/aromatic N) is 3. The summed E-state index contributed by atoms with van der Waals surface area (Å²) in [5, 5.41) is 2.83. The van der Waals surface area contributed by atoms with Crippen molar-refractivity contribution in [1.82, 2.24) is 19.5 Å². The predicted molar refractivity (Wildman–Crippen MR) is 105 cm³/mol. The second-order valence-electron chi connectivity index (χ2n) is 6.79. The van der Waals surface area contributed by atoms with Gasteiger partial charge in [0.1, 0.15) is 0 Å². The molecule has 0 saturated carbocycles. The number of likely N-dealkylation sites (tertiary alicyclic amines) is 1. The molecule has 3 heterocycles. The molecule has 0 spiro atoms. The number of aromatic nitrogens is 3. The lowest BCUT2D eigenvalue weighted by Gasteiger charge is -2.17. The number of hydrogen-bond donors (Lipinski definition) is 2. The zero-order chi connectivity index (χ0) is 18.3. The van der Waals surface area contributed by atoms with Gasteiger partial charge in [-0.3, -0.25) is 14.7 Å². The third kappa shape index (κ3) is 3.48. The summed E-state index contributed by atoms with van der Waals surface area (Å²) < 4.78 is 1.36. The molecule has 4 rings (SSSR count). The minimum atomic E-state index is -0.228. The molecule has 0 bridgehead atoms. The minimum Gasteiger partial charge on any atom is -0.340 e. The standard InChI is InChI=1S/C19H21N5O2.ClH/c1-12-14(19(26)24-17(22-12)7-8-21-24)9-18(25)23-10-15(16(20)11-23)13-5-3-2-4-6-13;/h2-8,15-16,21H,9-11,20H2,1H3;1H/t15-,16+;/m0./s1. The van der Waals surface area contributed by atoms with Crippen molar-refractivity contribution >= 4 is 24.0 Å². The van der Waals surface area contributed by atoms with Gasteiger partial charge >= 0.3 is 0 Å². The summed E-state index contributed by atoms with van der Waals surface area (Å²) in [6, 6.07) is 11.6. The van der Waals surface area contributed by atoms with Gasteiger partial charge < -0.3 is 10.6 Å². The third-order valence-electron chi connectivity index (χ3n) is 5.12. The number of benzene rings is 1. The molecule has 3 aromatic rings. The van der Waals surface area contributed by atoms with Crippen molar-refractivity contribution in [3.63, 3.8) is 0 Å². The van der Waals surface area contributed by atoms with Gasteiger partial charge in [-0.05, 0) is 12.5 Å². The Morgan fingerprint density at radius 3 is 2.74 bits per heavy atom. The molecule has 2 aromatic heterocycles. The van der Waals surface area contributed by atoms with Crippen LogP contribution in [0.25, 0.3) is 5.65 Å². The maximum Gasteiger partial charge on any atom is 0.276 e. The first-order chi connectivity index (χ1) is 12.5. The first kappa shape index (κ1) is 19.1. The zero-order valence-corrected chi connectivity index (χ0v) is 15.8. The van der Waals surface area contributed by atoms with Gasteiger partial charge in [0.15, 0.2) is 5.65 Å². The van der Waals surface area contributed by atoms with Crippen molar-refractivity contribution in [1.29, 1.82) is 0 Å². The number of nitrogens with one attached hydrogen (secondary N) is 1. The predicted octanol–water partition coefficient (Wildman–Crippen LogP) is 1.25. The summed E-state index contributed by atoms with van der Waals surface area (Å²) >= 11 is 0. The molecule has 0 aliphatic carbocycles. The fraction of sp³-hybridized carbons (Fsp3) is 0.316. The SMILES string of the molecule is Cc1nc2cc[nH]n2c(=O)c1CC(=O)N1C[C@@H](N)[C@H](c2ccccc2)C1.Cl. The number of rotatable bonds is 3. The van der Waals surface area contributed by atoms with Crippen molar-refractivity contribution in [3.8, 4) is 0 Å². The van der Waals surface area contributed by atoms with Crippen molar-refractivity contribution in [2.24, 2.45) is 5.73 Å². The largest absolute Gasteiger partial charge is 0.340 e. The minimum absolute atomic E-state index is 0. The molecule has 27 heavy (non-hydrogen) atoms. The van der Waals surface area contributed by atoms with Crippen molar-refractivity contribution in [2.45, 2.75) is 25.3 Å². The number of aryl methyl sites for hydroxylation is 1. The lowest BCUT2D eigenvalue weighted by Crippen LogP contribution is -2.35. The van der Waals surface area contributed by atoms with Crippen LogP contribution in [0.15, 0.2) is 47.4 Å². The van der Waals surface area contributed by atoms with E-state index in [1.807, 2.05) is 30.3 Å². The Balaban J connectivity index is 0.00000210. The Morgan fingerprint density at radius 1 is 1.26 bits per heavy atom. The summed E-state index contributed by atoms with van der Waals surface area (Å²) in [6.07, 6.45) is 1.69. The van der Waals surface area contributed by atoms with Crippen LogP contribution in [0.2, 0.25) is 0 Å². The third-order valence-corrected chi connectivity index (χ3v) is 5.12. The Hall–Kier alpha value is -2.64. The van der Waals surface area contributed by atoms with E-state index < -0.39 is 0 Å². The Labute approximate surface area is 162 Å². The number of fused-ring (bicyclic) bond motifs is 1. The van der Waals surface area contributed by atoms with E-state index in [0.717, 1.165) is 5.56 Å². The molecule has 142 valence electrons. The van der Waals surface area contributed by atoms with Crippen LogP contribution in [0, 0.1) is 6.92 Å². The lowest BCUT2D eigenvalue weighted by molar-refractivity contribution is -0.129. The van der Waals surface area contributed by atoms with E-state index in [-0.39, 0.29) is 42.3 Å². The van der Waals surface area contributed by atoms with E-state index in [4.69, 9.17) is 5.73 Å². The van der Waals surface area contributed by atoms with Crippen LogP contribution in [-0.4, -0.2) is 44.5 Å². The van der Waals surface area contributed by atoms with Crippen molar-refractivity contribution in [3.05, 3.63) is 69.8 Å². The lowest BCUT2D eigenvalue weighted by atomic mass is 9.95. The van der Waals surface area contributed by atoms with Gasteiger partial charge in [-0.25, -0.2) is 9.50 Å². The molecule has 1 saturated heterocycles. The van der Waals surface area contributed by atoms with Gasteiger partial charge in [0.05, 0.1) is 6.42 Å². The molecule has 1 fully saturated rings. The molecule has 1 aromatic carbocycles. The Morgan fingerprint density at radius 2 is 2.00 bits per heavy atom. The van der Waals surface area contributed by atoms with Crippen LogP contribution in [0.5, 0.6) is 0 Å². The average molecular weight is 388 g/mol. The highest BCUT2D eigenvalue weighted by Gasteiger charge is 2.34. The maximum atomic E-state index is 12.8. The number of aromatic amines is 1. The molecule has 7 nitrogen and oxygen atoms in total. The summed E-state index contributed by atoms with van der Waals surface area (Å²) in [6.45, 7) is 2.83. The quantitative estimate of drug-likeness (QED) is 0.706. The van der Waals surface area contributed by atoms with Crippen molar-refractivity contribution < 1.29 is 4.79 Å². The Bertz CT molecular complexity index is 1010. The smallest absolute Gasteiger partial charge is 0.276 e. The first-order valence-corrected chi connectivity index (χ1v) is 8.68. The van der Waals surface area contributed by atoms with Crippen molar-refractivity contribution in [2.75, 3.05) is 13.1 Å². The van der Waals surface area contributed by atoms with Gasteiger partial charge in [-0.15, -0.1) is 12.4 Å². The normalized spacial score (nSPS) is 19.3. The van der Waals surface area contributed by atoms with Crippen LogP contribution in [0.4, 0.5) is 0 Å². The molecule has 0 unspecified atom stereocenters. The summed E-state index contributed by atoms with van der Waals surface area (Å²) in [4.78, 5) is 31.6. The van der Waals surface area contributed by atoms with E-state index in [0.29, 0.717) is 30.0 Å². The van der Waals surface area contributed by atoms with Crippen LogP contribution >= 0.6 is 12.4 Å². The van der Waals surface area contributed by atoms with Crippen LogP contribution in [0.1, 0.15) is 22.7 Å². The van der Waals surface area contributed by atoms with Gasteiger partial charge in [-0.1, -0.05) is 30.3 Å². The molecule has 0 radical (unpaired) electrons. The van der Waals surface area contributed by atoms with Gasteiger partial charge in [0.25, 0.3) is 5.56 Å². The van der Waals surface area contributed by atoms with E-state index in [2.05, 4.69) is 10.1 Å². The molecule has 1 aliphatic rings. The summed E-state index contributed by atoms with van der Waals surface area (Å²) in [5.41, 5.74) is 8.75. The molecule has 8 heteroatoms. The molecule has 2 atom stereocenters.